The molecule has 2 fully saturated rings. The van der Waals surface area contributed by atoms with Gasteiger partial charge in [0.1, 0.15) is 5.54 Å². The molecule has 0 bridgehead atoms. The molecule has 0 atom stereocenters. The molecule has 0 amide bonds. The van der Waals surface area contributed by atoms with E-state index in [9.17, 15) is 4.79 Å². The Labute approximate surface area is 129 Å². The lowest BCUT2D eigenvalue weighted by molar-refractivity contribution is 0.109. The molecule has 0 aliphatic heterocycles. The van der Waals surface area contributed by atoms with Crippen molar-refractivity contribution in [1.29, 1.82) is 0 Å². The highest BCUT2D eigenvalue weighted by molar-refractivity contribution is 6.30. The Hall–Kier alpha value is -1.51. The summed E-state index contributed by atoms with van der Waals surface area (Å²) in [6.07, 6.45) is 7.87. The van der Waals surface area contributed by atoms with Crippen molar-refractivity contribution in [3.05, 3.63) is 22.7 Å². The van der Waals surface area contributed by atoms with Crippen molar-refractivity contribution in [2.75, 3.05) is 7.11 Å². The van der Waals surface area contributed by atoms with Gasteiger partial charge in [-0.25, -0.2) is 4.79 Å². The third-order valence-corrected chi connectivity index (χ3v) is 4.74. The number of nitrogens with zero attached hydrogens (tertiary/aromatic N) is 1. The van der Waals surface area contributed by atoms with Crippen LogP contribution in [0.15, 0.2) is 17.1 Å². The summed E-state index contributed by atoms with van der Waals surface area (Å²) in [7, 11) is 1.60. The minimum Gasteiger partial charge on any atom is -0.493 e. The van der Waals surface area contributed by atoms with Crippen molar-refractivity contribution in [2.45, 2.75) is 50.2 Å². The van der Waals surface area contributed by atoms with E-state index in [0.29, 0.717) is 16.5 Å². The fraction of sp³-hybridized carbons (Fsp3) is 0.562. The van der Waals surface area contributed by atoms with Crippen molar-refractivity contribution in [2.24, 2.45) is 4.99 Å². The summed E-state index contributed by atoms with van der Waals surface area (Å²) in [6.45, 7) is 0. The van der Waals surface area contributed by atoms with Crippen LogP contribution >= 0.6 is 11.6 Å². The van der Waals surface area contributed by atoms with Crippen molar-refractivity contribution in [3.8, 4) is 11.5 Å². The van der Waals surface area contributed by atoms with E-state index in [0.717, 1.165) is 37.7 Å². The lowest BCUT2D eigenvalue weighted by Crippen LogP contribution is -2.34. The SMILES string of the molecule is COc1cc(Cl)cc(C2(N=C=O)CCC2)c1OC1CCC1. The minimum atomic E-state index is -0.543. The summed E-state index contributed by atoms with van der Waals surface area (Å²) in [5.74, 6) is 1.29. The van der Waals surface area contributed by atoms with Crippen LogP contribution in [0.25, 0.3) is 0 Å². The predicted octanol–water partition coefficient (Wildman–Crippen LogP) is 3.99. The van der Waals surface area contributed by atoms with E-state index in [2.05, 4.69) is 4.99 Å². The number of aliphatic imine (C=N–C) groups is 1. The number of hydrogen-bond donors (Lipinski definition) is 0. The fourth-order valence-electron chi connectivity index (χ4n) is 2.88. The number of rotatable bonds is 5. The fourth-order valence-corrected chi connectivity index (χ4v) is 3.09. The van der Waals surface area contributed by atoms with Crippen LogP contribution in [0.3, 0.4) is 0 Å². The van der Waals surface area contributed by atoms with Gasteiger partial charge in [-0.3, -0.25) is 0 Å². The van der Waals surface area contributed by atoms with Gasteiger partial charge in [0.25, 0.3) is 0 Å². The molecule has 0 radical (unpaired) electrons. The number of halogens is 1. The molecule has 0 heterocycles. The second kappa shape index (κ2) is 5.70. The predicted molar refractivity (Wildman–Crippen MR) is 79.9 cm³/mol. The Balaban J connectivity index is 2.07. The molecule has 0 N–H and O–H groups in total. The monoisotopic (exact) mass is 307 g/mol. The summed E-state index contributed by atoms with van der Waals surface area (Å²) in [5, 5.41) is 0.565. The molecule has 0 saturated heterocycles. The molecule has 3 rings (SSSR count). The van der Waals surface area contributed by atoms with Crippen LogP contribution in [0.4, 0.5) is 0 Å². The van der Waals surface area contributed by atoms with E-state index in [1.54, 1.807) is 19.3 Å². The molecular weight excluding hydrogens is 290 g/mol. The van der Waals surface area contributed by atoms with Crippen molar-refractivity contribution in [3.63, 3.8) is 0 Å². The van der Waals surface area contributed by atoms with Crippen LogP contribution in [0.5, 0.6) is 11.5 Å². The smallest absolute Gasteiger partial charge is 0.235 e. The summed E-state index contributed by atoms with van der Waals surface area (Å²) in [5.41, 5.74) is 0.312. The Morgan fingerprint density at radius 1 is 1.33 bits per heavy atom. The van der Waals surface area contributed by atoms with Gasteiger partial charge < -0.3 is 9.47 Å². The molecule has 1 aromatic rings. The van der Waals surface area contributed by atoms with Gasteiger partial charge in [0.2, 0.25) is 6.08 Å². The number of ether oxygens (including phenoxy) is 2. The molecule has 5 heteroatoms. The van der Waals surface area contributed by atoms with E-state index >= 15 is 0 Å². The highest BCUT2D eigenvalue weighted by Crippen LogP contribution is 2.52. The Kier molecular flexibility index (Phi) is 3.92. The van der Waals surface area contributed by atoms with Crippen molar-refractivity contribution in [1.82, 2.24) is 0 Å². The maximum atomic E-state index is 10.8. The number of isocyanates is 1. The summed E-state index contributed by atoms with van der Waals surface area (Å²) < 4.78 is 11.5. The second-order valence-corrected chi connectivity index (χ2v) is 6.18. The van der Waals surface area contributed by atoms with Crippen LogP contribution in [0.2, 0.25) is 5.02 Å². The van der Waals surface area contributed by atoms with Crippen LogP contribution in [-0.4, -0.2) is 19.3 Å². The summed E-state index contributed by atoms with van der Waals surface area (Å²) >= 11 is 6.20. The van der Waals surface area contributed by atoms with E-state index in [4.69, 9.17) is 21.1 Å². The van der Waals surface area contributed by atoms with E-state index in [1.165, 1.54) is 6.42 Å². The molecule has 112 valence electrons. The van der Waals surface area contributed by atoms with Gasteiger partial charge in [-0.2, -0.15) is 4.99 Å². The van der Waals surface area contributed by atoms with Gasteiger partial charge in [-0.1, -0.05) is 11.6 Å². The van der Waals surface area contributed by atoms with E-state index in [1.807, 2.05) is 6.07 Å². The maximum absolute atomic E-state index is 10.8. The van der Waals surface area contributed by atoms with Crippen LogP contribution in [0, 0.1) is 0 Å². The molecule has 0 aromatic heterocycles. The van der Waals surface area contributed by atoms with E-state index in [-0.39, 0.29) is 6.10 Å². The molecular formula is C16H18ClNO3. The van der Waals surface area contributed by atoms with Crippen molar-refractivity contribution >= 4 is 17.7 Å². The highest BCUT2D eigenvalue weighted by Gasteiger charge is 2.42. The largest absolute Gasteiger partial charge is 0.493 e. The topological polar surface area (TPSA) is 47.9 Å². The average Bonchev–Trinajstić information content (AvgIpc) is 2.38. The number of methoxy groups -OCH3 is 1. The molecule has 0 unspecified atom stereocenters. The zero-order chi connectivity index (χ0) is 14.9. The molecule has 1 aromatic carbocycles. The minimum absolute atomic E-state index is 0.219. The third kappa shape index (κ3) is 2.54. The van der Waals surface area contributed by atoms with Gasteiger partial charge in [0.05, 0.1) is 13.2 Å². The van der Waals surface area contributed by atoms with Gasteiger partial charge in [-0.05, 0) is 44.6 Å². The maximum Gasteiger partial charge on any atom is 0.235 e. The second-order valence-electron chi connectivity index (χ2n) is 5.74. The average molecular weight is 308 g/mol. The van der Waals surface area contributed by atoms with Crippen LogP contribution in [-0.2, 0) is 10.3 Å². The third-order valence-electron chi connectivity index (χ3n) is 4.52. The molecule has 21 heavy (non-hydrogen) atoms. The number of hydrogen-bond acceptors (Lipinski definition) is 4. The Morgan fingerprint density at radius 3 is 2.57 bits per heavy atom. The first-order valence-electron chi connectivity index (χ1n) is 7.32. The van der Waals surface area contributed by atoms with Crippen LogP contribution < -0.4 is 9.47 Å². The van der Waals surface area contributed by atoms with Crippen LogP contribution in [0.1, 0.15) is 44.1 Å². The van der Waals surface area contributed by atoms with E-state index < -0.39 is 5.54 Å². The molecule has 4 nitrogen and oxygen atoms in total. The van der Waals surface area contributed by atoms with Gasteiger partial charge in [0.15, 0.2) is 11.5 Å². The lowest BCUT2D eigenvalue weighted by atomic mass is 9.72. The zero-order valence-corrected chi connectivity index (χ0v) is 12.8. The molecule has 2 aliphatic rings. The number of benzene rings is 1. The first-order valence-corrected chi connectivity index (χ1v) is 7.70. The van der Waals surface area contributed by atoms with Gasteiger partial charge in [0, 0.05) is 16.7 Å². The normalized spacial score (nSPS) is 19.9. The molecule has 0 spiro atoms. The lowest BCUT2D eigenvalue weighted by Gasteiger charge is -2.39. The quantitative estimate of drug-likeness (QED) is 0.610. The molecule has 2 saturated carbocycles. The van der Waals surface area contributed by atoms with Gasteiger partial charge >= 0.3 is 0 Å². The summed E-state index contributed by atoms with van der Waals surface area (Å²) in [4.78, 5) is 14.9. The summed E-state index contributed by atoms with van der Waals surface area (Å²) in [6, 6.07) is 3.59. The van der Waals surface area contributed by atoms with Crippen molar-refractivity contribution < 1.29 is 14.3 Å². The molecule has 2 aliphatic carbocycles. The highest BCUT2D eigenvalue weighted by atomic mass is 35.5. The first-order chi connectivity index (χ1) is 10.2. The number of carbonyl (C=O) groups excluding carboxylic acids is 1. The Bertz CT molecular complexity index is 587. The van der Waals surface area contributed by atoms with Gasteiger partial charge in [-0.15, -0.1) is 0 Å². The standard InChI is InChI=1S/C16H18ClNO3/c1-20-14-9-11(17)8-13(15(14)21-12-4-2-5-12)16(18-10-19)6-3-7-16/h8-9,12H,2-7H2,1H3. The first kappa shape index (κ1) is 14.4. The zero-order valence-electron chi connectivity index (χ0n) is 12.0. The Morgan fingerprint density at radius 2 is 2.10 bits per heavy atom.